The van der Waals surface area contributed by atoms with Gasteiger partial charge in [0, 0.05) is 29.0 Å². The van der Waals surface area contributed by atoms with Gasteiger partial charge in [0.25, 0.3) is 0 Å². The van der Waals surface area contributed by atoms with Gasteiger partial charge in [0.1, 0.15) is 12.7 Å². The number of fused-ring (bicyclic) bond motifs is 1. The molecule has 10 heteroatoms. The van der Waals surface area contributed by atoms with E-state index in [1.807, 2.05) is 12.3 Å². The highest BCUT2D eigenvalue weighted by molar-refractivity contribution is 14.1. The van der Waals surface area contributed by atoms with Crippen LogP contribution >= 0.6 is 34.2 Å². The monoisotopic (exact) mass is 611 g/mol. The van der Waals surface area contributed by atoms with Crippen molar-refractivity contribution in [2.24, 2.45) is 0 Å². The Labute approximate surface area is 220 Å². The third kappa shape index (κ3) is 5.03. The molecule has 0 spiro atoms. The molecule has 0 saturated carbocycles. The number of nitrogens with zero attached hydrogens (tertiary/aromatic N) is 1. The predicted octanol–water partition coefficient (Wildman–Crippen LogP) is 4.91. The molecule has 8 nitrogen and oxygen atoms in total. The van der Waals surface area contributed by atoms with Crippen molar-refractivity contribution >= 4 is 63.0 Å². The van der Waals surface area contributed by atoms with Crippen LogP contribution in [-0.2, 0) is 28.5 Å². The summed E-state index contributed by atoms with van der Waals surface area (Å²) in [5, 5.41) is 1.37. The van der Waals surface area contributed by atoms with E-state index in [1.165, 1.54) is 13.8 Å². The molecule has 0 amide bonds. The van der Waals surface area contributed by atoms with E-state index in [2.05, 4.69) is 22.6 Å². The average Bonchev–Trinajstić information content (AvgIpc) is 3.27. The minimum atomic E-state index is -1.44. The van der Waals surface area contributed by atoms with E-state index >= 15 is 0 Å². The molecular formula is C25H23ClINO7. The maximum Gasteiger partial charge on any atom is 0.338 e. The Morgan fingerprint density at radius 3 is 2.46 bits per heavy atom. The predicted molar refractivity (Wildman–Crippen MR) is 136 cm³/mol. The third-order valence-electron chi connectivity index (χ3n) is 5.83. The fourth-order valence-electron chi connectivity index (χ4n) is 4.28. The Morgan fingerprint density at radius 1 is 1.09 bits per heavy atom. The van der Waals surface area contributed by atoms with Crippen LogP contribution in [0, 0.1) is 3.57 Å². The molecule has 35 heavy (non-hydrogen) atoms. The fourth-order valence-corrected chi connectivity index (χ4v) is 5.58. The molecule has 184 valence electrons. The number of ether oxygens (including phenoxy) is 4. The van der Waals surface area contributed by atoms with Crippen molar-refractivity contribution in [3.63, 3.8) is 0 Å². The second-order valence-corrected chi connectivity index (χ2v) is 9.87. The molecule has 0 unspecified atom stereocenters. The van der Waals surface area contributed by atoms with Gasteiger partial charge in [-0.25, -0.2) is 4.79 Å². The molecule has 0 aliphatic carbocycles. The van der Waals surface area contributed by atoms with E-state index in [0.29, 0.717) is 10.6 Å². The zero-order chi connectivity index (χ0) is 25.3. The fraction of sp³-hybridized carbons (Fsp3) is 0.320. The molecule has 1 aliphatic rings. The minimum absolute atomic E-state index is 0.233. The molecule has 0 N–H and O–H groups in total. The van der Waals surface area contributed by atoms with Crippen LogP contribution < -0.4 is 0 Å². The summed E-state index contributed by atoms with van der Waals surface area (Å²) in [6.07, 6.45) is -1.02. The van der Waals surface area contributed by atoms with Crippen molar-refractivity contribution in [3.8, 4) is 0 Å². The highest BCUT2D eigenvalue weighted by atomic mass is 127. The van der Waals surface area contributed by atoms with Gasteiger partial charge in [-0.2, -0.15) is 0 Å². The van der Waals surface area contributed by atoms with E-state index < -0.39 is 41.9 Å². The second-order valence-electron chi connectivity index (χ2n) is 8.31. The molecule has 4 rings (SSSR count). The minimum Gasteiger partial charge on any atom is -0.459 e. The molecule has 3 aromatic rings. The van der Waals surface area contributed by atoms with Gasteiger partial charge in [-0.15, -0.1) is 0 Å². The number of carbonyl (C=O) groups is 3. The van der Waals surface area contributed by atoms with Crippen molar-refractivity contribution in [1.29, 1.82) is 0 Å². The van der Waals surface area contributed by atoms with Gasteiger partial charge in [0.15, 0.2) is 17.9 Å². The first kappa shape index (κ1) is 25.5. The van der Waals surface area contributed by atoms with E-state index in [0.717, 1.165) is 14.5 Å². The highest BCUT2D eigenvalue weighted by Crippen LogP contribution is 2.44. The van der Waals surface area contributed by atoms with E-state index in [1.54, 1.807) is 54.0 Å². The number of carbonyl (C=O) groups excluding carboxylic acids is 3. The molecule has 1 aromatic heterocycles. The van der Waals surface area contributed by atoms with Gasteiger partial charge in [-0.1, -0.05) is 35.9 Å². The number of hydrogen-bond acceptors (Lipinski definition) is 7. The maximum absolute atomic E-state index is 12.6. The topological polar surface area (TPSA) is 93.1 Å². The summed E-state index contributed by atoms with van der Waals surface area (Å²) in [6, 6.07) is 13.9. The van der Waals surface area contributed by atoms with Crippen LogP contribution in [-0.4, -0.2) is 46.9 Å². The summed E-state index contributed by atoms with van der Waals surface area (Å²) in [7, 11) is 0. The summed E-state index contributed by atoms with van der Waals surface area (Å²) in [5.74, 6) is -1.73. The Kier molecular flexibility index (Phi) is 7.39. The van der Waals surface area contributed by atoms with Crippen LogP contribution in [0.2, 0.25) is 5.02 Å². The second kappa shape index (κ2) is 10.2. The van der Waals surface area contributed by atoms with Crippen LogP contribution in [0.1, 0.15) is 37.4 Å². The summed E-state index contributed by atoms with van der Waals surface area (Å²) in [4.78, 5) is 36.8. The number of rotatable bonds is 6. The largest absolute Gasteiger partial charge is 0.459 e. The van der Waals surface area contributed by atoms with Crippen LogP contribution in [0.25, 0.3) is 10.9 Å². The maximum atomic E-state index is 12.6. The van der Waals surface area contributed by atoms with Gasteiger partial charge < -0.3 is 23.5 Å². The normalized spacial score (nSPS) is 23.7. The van der Waals surface area contributed by atoms with Crippen molar-refractivity contribution < 1.29 is 33.3 Å². The lowest BCUT2D eigenvalue weighted by atomic mass is 9.93. The zero-order valence-corrected chi connectivity index (χ0v) is 22.1. The first-order valence-electron chi connectivity index (χ1n) is 10.8. The first-order valence-corrected chi connectivity index (χ1v) is 12.3. The first-order chi connectivity index (χ1) is 16.6. The average molecular weight is 612 g/mol. The molecule has 2 heterocycles. The molecule has 1 aliphatic heterocycles. The van der Waals surface area contributed by atoms with E-state index in [4.69, 9.17) is 30.5 Å². The van der Waals surface area contributed by atoms with Crippen LogP contribution in [0.3, 0.4) is 0 Å². The van der Waals surface area contributed by atoms with Crippen molar-refractivity contribution in [1.82, 2.24) is 4.57 Å². The molecule has 1 saturated heterocycles. The lowest BCUT2D eigenvalue weighted by Crippen LogP contribution is -2.51. The smallest absolute Gasteiger partial charge is 0.338 e. The van der Waals surface area contributed by atoms with Gasteiger partial charge >= 0.3 is 17.9 Å². The molecule has 2 aromatic carbocycles. The zero-order valence-electron chi connectivity index (χ0n) is 19.2. The molecule has 1 fully saturated rings. The van der Waals surface area contributed by atoms with Gasteiger partial charge in [0.2, 0.25) is 0 Å². The number of aromatic nitrogens is 1. The standard InChI is InChI=1S/C25H23ClINO7/c1-14(29)33-22-23(28-12-18(27)21-17(26)10-7-11-19(21)28)34-20(25(22,3)35-15(2)30)13-32-24(31)16-8-5-4-6-9-16/h4-12,20,22-23H,13H2,1-3H3/t20-,22+,23-,25-/m1/s1. The van der Waals surface area contributed by atoms with Gasteiger partial charge in [-0.3, -0.25) is 9.59 Å². The quantitative estimate of drug-likeness (QED) is 0.222. The summed E-state index contributed by atoms with van der Waals surface area (Å²) in [6.45, 7) is 3.89. The number of benzene rings is 2. The van der Waals surface area contributed by atoms with Gasteiger partial charge in [0.05, 0.1) is 16.1 Å². The number of esters is 3. The molecule has 0 radical (unpaired) electrons. The van der Waals surface area contributed by atoms with Crippen LogP contribution in [0.4, 0.5) is 0 Å². The summed E-state index contributed by atoms with van der Waals surface area (Å²) >= 11 is 8.59. The SMILES string of the molecule is CC(=O)O[C@H]1[C@H](n2cc(I)c3c(Cl)cccc32)O[C@H](COC(=O)c2ccccc2)[C@@]1(C)OC(C)=O. The van der Waals surface area contributed by atoms with Crippen LogP contribution in [0.5, 0.6) is 0 Å². The van der Waals surface area contributed by atoms with Crippen LogP contribution in [0.15, 0.2) is 54.7 Å². The van der Waals surface area contributed by atoms with Crippen molar-refractivity contribution in [3.05, 3.63) is 68.9 Å². The van der Waals surface area contributed by atoms with Gasteiger partial charge in [-0.05, 0) is 53.8 Å². The highest BCUT2D eigenvalue weighted by Gasteiger charge is 2.60. The van der Waals surface area contributed by atoms with Crippen molar-refractivity contribution in [2.45, 2.75) is 44.8 Å². The molecular weight excluding hydrogens is 589 g/mol. The lowest BCUT2D eigenvalue weighted by molar-refractivity contribution is -0.182. The Balaban J connectivity index is 1.73. The number of halogens is 2. The third-order valence-corrected chi connectivity index (χ3v) is 6.97. The lowest BCUT2D eigenvalue weighted by Gasteiger charge is -2.33. The Hall–Kier alpha value is -2.63. The van der Waals surface area contributed by atoms with E-state index in [-0.39, 0.29) is 6.61 Å². The Bertz CT molecular complexity index is 1280. The van der Waals surface area contributed by atoms with Crippen molar-refractivity contribution in [2.75, 3.05) is 6.61 Å². The Morgan fingerprint density at radius 2 is 1.80 bits per heavy atom. The molecule has 0 bridgehead atoms. The molecule has 4 atom stereocenters. The summed E-state index contributed by atoms with van der Waals surface area (Å²) in [5.41, 5.74) is -0.329. The number of hydrogen-bond donors (Lipinski definition) is 0. The van der Waals surface area contributed by atoms with E-state index in [9.17, 15) is 14.4 Å². The summed E-state index contributed by atoms with van der Waals surface area (Å²) < 4.78 is 25.8.